The average molecular weight is 569 g/mol. The molecule has 0 bridgehead atoms. The molecule has 1 N–H and O–H groups in total. The van der Waals surface area contributed by atoms with E-state index >= 15 is 0 Å². The first-order chi connectivity index (χ1) is 17.5. The Labute approximate surface area is 230 Å². The number of para-hydroxylation sites is 1. The summed E-state index contributed by atoms with van der Waals surface area (Å²) < 4.78 is 26.7. The van der Waals surface area contributed by atoms with Crippen molar-refractivity contribution in [3.63, 3.8) is 0 Å². The molecule has 3 rings (SSSR count). The van der Waals surface area contributed by atoms with E-state index in [1.165, 1.54) is 4.90 Å². The predicted octanol–water partition coefficient (Wildman–Crippen LogP) is 5.19. The second-order valence-corrected chi connectivity index (χ2v) is 12.3. The molecule has 1 fully saturated rings. The Bertz CT molecular complexity index is 1220. The van der Waals surface area contributed by atoms with Crippen LogP contribution in [-0.4, -0.2) is 50.0 Å². The first-order valence-electron chi connectivity index (χ1n) is 12.6. The first kappa shape index (κ1) is 29.3. The predicted molar refractivity (Wildman–Crippen MR) is 149 cm³/mol. The molecule has 1 saturated carbocycles. The molecule has 2 amide bonds. The first-order valence-corrected chi connectivity index (χ1v) is 15.2. The van der Waals surface area contributed by atoms with Crippen LogP contribution in [-0.2, 0) is 32.6 Å². The van der Waals surface area contributed by atoms with E-state index < -0.39 is 28.5 Å². The van der Waals surface area contributed by atoms with Crippen molar-refractivity contribution >= 4 is 50.7 Å². The number of nitrogens with zero attached hydrogens (tertiary/aromatic N) is 2. The van der Waals surface area contributed by atoms with Gasteiger partial charge >= 0.3 is 0 Å². The third-order valence-corrected chi connectivity index (χ3v) is 8.51. The number of hydrogen-bond donors (Lipinski definition) is 1. The Kier molecular flexibility index (Phi) is 10.3. The SMILES string of the molecule is CCc1ccccc1N(CC(=O)N(Cc1ccc(Cl)cc1Cl)[C@H](C)C(=O)NC1CCCCC1)S(C)(=O)=O. The van der Waals surface area contributed by atoms with Gasteiger partial charge in [-0.05, 0) is 55.5 Å². The van der Waals surface area contributed by atoms with Crippen LogP contribution in [0.5, 0.6) is 0 Å². The van der Waals surface area contributed by atoms with E-state index in [9.17, 15) is 18.0 Å². The van der Waals surface area contributed by atoms with Crippen LogP contribution < -0.4 is 9.62 Å². The van der Waals surface area contributed by atoms with Gasteiger partial charge in [-0.15, -0.1) is 0 Å². The number of carbonyl (C=O) groups excluding carboxylic acids is 2. The lowest BCUT2D eigenvalue weighted by Crippen LogP contribution is -2.53. The summed E-state index contributed by atoms with van der Waals surface area (Å²) in [6, 6.07) is 11.3. The molecule has 1 atom stereocenters. The number of nitrogens with one attached hydrogen (secondary N) is 1. The van der Waals surface area contributed by atoms with Crippen molar-refractivity contribution in [3.8, 4) is 0 Å². The van der Waals surface area contributed by atoms with Crippen LogP contribution in [0, 0.1) is 0 Å². The molecule has 2 aromatic carbocycles. The molecular weight excluding hydrogens is 533 g/mol. The monoisotopic (exact) mass is 567 g/mol. The Morgan fingerprint density at radius 3 is 2.35 bits per heavy atom. The van der Waals surface area contributed by atoms with Gasteiger partial charge < -0.3 is 10.2 Å². The summed E-state index contributed by atoms with van der Waals surface area (Å²) in [7, 11) is -3.79. The third kappa shape index (κ3) is 7.85. The van der Waals surface area contributed by atoms with Gasteiger partial charge in [-0.25, -0.2) is 8.42 Å². The minimum absolute atomic E-state index is 0.0289. The molecular formula is C27H35Cl2N3O4S. The Morgan fingerprint density at radius 2 is 1.73 bits per heavy atom. The van der Waals surface area contributed by atoms with Crippen molar-refractivity contribution in [1.29, 1.82) is 0 Å². The van der Waals surface area contributed by atoms with Crippen LogP contribution in [0.2, 0.25) is 10.0 Å². The summed E-state index contributed by atoms with van der Waals surface area (Å²) in [5.41, 5.74) is 1.86. The van der Waals surface area contributed by atoms with E-state index in [1.807, 2.05) is 19.1 Å². The lowest BCUT2D eigenvalue weighted by Gasteiger charge is -2.33. The molecule has 0 saturated heterocycles. The number of halogens is 2. The van der Waals surface area contributed by atoms with Crippen molar-refractivity contribution in [2.24, 2.45) is 0 Å². The molecule has 10 heteroatoms. The number of benzene rings is 2. The molecule has 202 valence electrons. The van der Waals surface area contributed by atoms with Crippen LogP contribution in [0.3, 0.4) is 0 Å². The molecule has 1 aliphatic carbocycles. The van der Waals surface area contributed by atoms with Gasteiger partial charge in [0, 0.05) is 22.6 Å². The normalized spacial score (nSPS) is 15.2. The van der Waals surface area contributed by atoms with E-state index in [2.05, 4.69) is 5.32 Å². The van der Waals surface area contributed by atoms with Crippen molar-refractivity contribution in [2.75, 3.05) is 17.1 Å². The molecule has 0 heterocycles. The molecule has 37 heavy (non-hydrogen) atoms. The van der Waals surface area contributed by atoms with E-state index in [4.69, 9.17) is 23.2 Å². The van der Waals surface area contributed by atoms with Gasteiger partial charge in [-0.2, -0.15) is 0 Å². The molecule has 0 radical (unpaired) electrons. The topological polar surface area (TPSA) is 86.8 Å². The minimum atomic E-state index is -3.79. The molecule has 1 aliphatic rings. The minimum Gasteiger partial charge on any atom is -0.352 e. The highest BCUT2D eigenvalue weighted by atomic mass is 35.5. The standard InChI is InChI=1S/C27H35Cl2N3O4S/c1-4-20-10-8-9-13-25(20)32(37(3,35)36)18-26(33)31(17-21-14-15-22(28)16-24(21)29)19(2)27(34)30-23-11-6-5-7-12-23/h8-10,13-16,19,23H,4-7,11-12,17-18H2,1-3H3,(H,30,34)/t19-/m1/s1. The summed E-state index contributed by atoms with van der Waals surface area (Å²) in [5, 5.41) is 3.89. The largest absolute Gasteiger partial charge is 0.352 e. The summed E-state index contributed by atoms with van der Waals surface area (Å²) >= 11 is 12.5. The number of sulfonamides is 1. The maximum absolute atomic E-state index is 13.8. The van der Waals surface area contributed by atoms with Crippen LogP contribution in [0.1, 0.15) is 57.1 Å². The Hall–Kier alpha value is -2.29. The maximum atomic E-state index is 13.8. The highest BCUT2D eigenvalue weighted by Gasteiger charge is 2.32. The zero-order chi connectivity index (χ0) is 27.2. The smallest absolute Gasteiger partial charge is 0.244 e. The lowest BCUT2D eigenvalue weighted by molar-refractivity contribution is -0.139. The van der Waals surface area contributed by atoms with Gasteiger partial charge in [0.2, 0.25) is 21.8 Å². The quantitative estimate of drug-likeness (QED) is 0.428. The molecule has 0 aliphatic heterocycles. The van der Waals surface area contributed by atoms with Crippen molar-refractivity contribution in [3.05, 3.63) is 63.6 Å². The van der Waals surface area contributed by atoms with Gasteiger partial charge in [0.15, 0.2) is 0 Å². The highest BCUT2D eigenvalue weighted by molar-refractivity contribution is 7.92. The van der Waals surface area contributed by atoms with Gasteiger partial charge in [0.05, 0.1) is 11.9 Å². The Morgan fingerprint density at radius 1 is 1.05 bits per heavy atom. The summed E-state index contributed by atoms with van der Waals surface area (Å²) in [6.45, 7) is 3.17. The number of aryl methyl sites for hydroxylation is 1. The van der Waals surface area contributed by atoms with Crippen molar-refractivity contribution in [2.45, 2.75) is 71.0 Å². The van der Waals surface area contributed by atoms with Crippen molar-refractivity contribution in [1.82, 2.24) is 10.2 Å². The van der Waals surface area contributed by atoms with Crippen LogP contribution >= 0.6 is 23.2 Å². The van der Waals surface area contributed by atoms with Crippen molar-refractivity contribution < 1.29 is 18.0 Å². The number of rotatable bonds is 10. The zero-order valence-corrected chi connectivity index (χ0v) is 23.9. The van der Waals surface area contributed by atoms with Gasteiger partial charge in [-0.3, -0.25) is 13.9 Å². The lowest BCUT2D eigenvalue weighted by atomic mass is 9.95. The highest BCUT2D eigenvalue weighted by Crippen LogP contribution is 2.26. The summed E-state index contributed by atoms with van der Waals surface area (Å²) in [5.74, 6) is -0.779. The molecule has 7 nitrogen and oxygen atoms in total. The number of amides is 2. The second-order valence-electron chi connectivity index (χ2n) is 9.53. The molecule has 2 aromatic rings. The number of anilines is 1. The molecule has 0 unspecified atom stereocenters. The Balaban J connectivity index is 1.92. The van der Waals surface area contributed by atoms with Gasteiger partial charge in [0.25, 0.3) is 0 Å². The van der Waals surface area contributed by atoms with Crippen LogP contribution in [0.25, 0.3) is 0 Å². The molecule has 0 spiro atoms. The van der Waals surface area contributed by atoms with E-state index in [0.717, 1.165) is 48.2 Å². The van der Waals surface area contributed by atoms with E-state index in [-0.39, 0.29) is 18.5 Å². The zero-order valence-electron chi connectivity index (χ0n) is 21.5. The summed E-state index contributed by atoms with van der Waals surface area (Å²) in [6.07, 6.45) is 6.76. The fraction of sp³-hybridized carbons (Fsp3) is 0.481. The van der Waals surface area contributed by atoms with Gasteiger partial charge in [0.1, 0.15) is 12.6 Å². The van der Waals surface area contributed by atoms with Gasteiger partial charge in [-0.1, -0.05) is 73.7 Å². The van der Waals surface area contributed by atoms with Crippen LogP contribution in [0.15, 0.2) is 42.5 Å². The maximum Gasteiger partial charge on any atom is 0.244 e. The number of carbonyl (C=O) groups is 2. The van der Waals surface area contributed by atoms with E-state index in [0.29, 0.717) is 27.7 Å². The summed E-state index contributed by atoms with van der Waals surface area (Å²) in [4.78, 5) is 28.4. The fourth-order valence-corrected chi connectivity index (χ4v) is 5.98. The third-order valence-electron chi connectivity index (χ3n) is 6.80. The molecule has 0 aromatic heterocycles. The number of hydrogen-bond acceptors (Lipinski definition) is 4. The fourth-order valence-electron chi connectivity index (χ4n) is 4.63. The second kappa shape index (κ2) is 13.0. The van der Waals surface area contributed by atoms with Crippen LogP contribution in [0.4, 0.5) is 5.69 Å². The average Bonchev–Trinajstić information content (AvgIpc) is 2.86. The van der Waals surface area contributed by atoms with E-state index in [1.54, 1.807) is 37.3 Å².